The number of imide groups is 1. The second-order valence-corrected chi connectivity index (χ2v) is 9.03. The van der Waals surface area contributed by atoms with E-state index in [0.29, 0.717) is 24.0 Å². The second kappa shape index (κ2) is 7.02. The van der Waals surface area contributed by atoms with E-state index in [2.05, 4.69) is 20.9 Å². The maximum absolute atomic E-state index is 13.5. The first-order valence-electron chi connectivity index (χ1n) is 10.1. The van der Waals surface area contributed by atoms with Gasteiger partial charge in [0.15, 0.2) is 0 Å². The highest BCUT2D eigenvalue weighted by Gasteiger charge is 2.61. The molecule has 0 bridgehead atoms. The fourth-order valence-corrected chi connectivity index (χ4v) is 5.31. The number of aromatic hydroxyl groups is 1. The van der Waals surface area contributed by atoms with Gasteiger partial charge in [0.1, 0.15) is 23.4 Å². The first-order chi connectivity index (χ1) is 14.9. The highest BCUT2D eigenvalue weighted by Crippen LogP contribution is 2.51. The molecule has 2 atom stereocenters. The van der Waals surface area contributed by atoms with Crippen LogP contribution in [0.2, 0.25) is 0 Å². The fourth-order valence-electron chi connectivity index (χ4n) is 4.95. The largest absolute Gasteiger partial charge is 0.508 e. The summed E-state index contributed by atoms with van der Waals surface area (Å²) in [7, 11) is 1.62. The van der Waals surface area contributed by atoms with Crippen LogP contribution in [0.3, 0.4) is 0 Å². The van der Waals surface area contributed by atoms with Crippen LogP contribution in [0.1, 0.15) is 12.5 Å². The van der Waals surface area contributed by atoms with Crippen LogP contribution in [0, 0.1) is 5.41 Å². The number of carbonyl (C=O) groups is 2. The third kappa shape index (κ3) is 2.77. The van der Waals surface area contributed by atoms with Gasteiger partial charge in [-0.25, -0.2) is 0 Å². The number of amides is 2. The van der Waals surface area contributed by atoms with Crippen molar-refractivity contribution in [3.8, 4) is 11.5 Å². The lowest BCUT2D eigenvalue weighted by Gasteiger charge is -2.41. The normalized spacial score (nSPS) is 22.7. The highest BCUT2D eigenvalue weighted by atomic mass is 79.9. The molecule has 1 saturated heterocycles. The maximum atomic E-state index is 13.5. The molecule has 8 heteroatoms. The second-order valence-electron chi connectivity index (χ2n) is 8.23. The number of ether oxygens (including phenoxy) is 1. The molecule has 0 spiro atoms. The number of aromatic nitrogens is 1. The van der Waals surface area contributed by atoms with Gasteiger partial charge in [0.2, 0.25) is 5.91 Å². The molecule has 2 aliphatic rings. The molecule has 2 amide bonds. The van der Waals surface area contributed by atoms with E-state index >= 15 is 0 Å². The van der Waals surface area contributed by atoms with E-state index in [1.807, 2.05) is 36.1 Å². The van der Waals surface area contributed by atoms with Gasteiger partial charge in [-0.15, -0.1) is 0 Å². The molecule has 2 unspecified atom stereocenters. The average molecular weight is 484 g/mol. The number of carbonyl (C=O) groups excluding carboxylic acids is 2. The Hall–Kier alpha value is -3.00. The summed E-state index contributed by atoms with van der Waals surface area (Å²) in [5.41, 5.74) is 1.57. The molecule has 2 aromatic carbocycles. The van der Waals surface area contributed by atoms with Crippen molar-refractivity contribution in [1.82, 2.24) is 9.88 Å². The van der Waals surface area contributed by atoms with Crippen LogP contribution in [0.15, 0.2) is 42.5 Å². The van der Waals surface area contributed by atoms with E-state index in [0.717, 1.165) is 28.0 Å². The van der Waals surface area contributed by atoms with Gasteiger partial charge < -0.3 is 19.7 Å². The van der Waals surface area contributed by atoms with Crippen molar-refractivity contribution >= 4 is 50.2 Å². The first-order valence-corrected chi connectivity index (χ1v) is 11.2. The number of rotatable bonds is 4. The Morgan fingerprint density at radius 3 is 2.77 bits per heavy atom. The number of H-pyrrole nitrogens is 1. The Kier molecular flexibility index (Phi) is 4.51. The van der Waals surface area contributed by atoms with E-state index in [4.69, 9.17) is 4.74 Å². The molecule has 5 rings (SSSR count). The molecule has 160 valence electrons. The highest BCUT2D eigenvalue weighted by molar-refractivity contribution is 9.09. The third-order valence-corrected chi connectivity index (χ3v) is 6.74. The van der Waals surface area contributed by atoms with Crippen molar-refractivity contribution in [3.05, 3.63) is 48.0 Å². The molecule has 2 N–H and O–H groups in total. The van der Waals surface area contributed by atoms with E-state index < -0.39 is 11.5 Å². The topological polar surface area (TPSA) is 85.9 Å². The molecule has 0 saturated carbocycles. The minimum atomic E-state index is -0.935. The molecule has 3 heterocycles. The number of methoxy groups -OCH3 is 1. The third-order valence-electron chi connectivity index (χ3n) is 6.39. The average Bonchev–Trinajstić information content (AvgIpc) is 3.20. The maximum Gasteiger partial charge on any atom is 0.253 e. The standard InChI is InChI=1S/C23H22BrN3O4/c1-23-12-17-16-11-15(31-2)6-7-18(16)25-20(17)27(13-4-3-5-14(28)10-13)19(23)21(29)26(9-8-24)22(23)30/h3-7,10-11,19,25,28H,8-9,12H2,1-2H3. The van der Waals surface area contributed by atoms with Crippen LogP contribution < -0.4 is 9.64 Å². The van der Waals surface area contributed by atoms with Gasteiger partial charge in [-0.1, -0.05) is 22.0 Å². The molecule has 2 aliphatic heterocycles. The lowest BCUT2D eigenvalue weighted by atomic mass is 9.74. The summed E-state index contributed by atoms with van der Waals surface area (Å²) in [6.45, 7) is 2.18. The van der Waals surface area contributed by atoms with Crippen molar-refractivity contribution < 1.29 is 19.4 Å². The Balaban J connectivity index is 1.78. The van der Waals surface area contributed by atoms with Gasteiger partial charge in [-0.2, -0.15) is 0 Å². The van der Waals surface area contributed by atoms with Crippen LogP contribution in [0.5, 0.6) is 11.5 Å². The number of alkyl halides is 1. The summed E-state index contributed by atoms with van der Waals surface area (Å²) in [6.07, 6.45) is 0.429. The molecular formula is C23H22BrN3O4. The van der Waals surface area contributed by atoms with Crippen LogP contribution in [-0.2, 0) is 16.0 Å². The van der Waals surface area contributed by atoms with Gasteiger partial charge in [-0.3, -0.25) is 14.5 Å². The quantitative estimate of drug-likeness (QED) is 0.436. The Morgan fingerprint density at radius 2 is 2.06 bits per heavy atom. The van der Waals surface area contributed by atoms with Gasteiger partial charge in [0, 0.05) is 40.1 Å². The summed E-state index contributed by atoms with van der Waals surface area (Å²) < 4.78 is 5.41. The van der Waals surface area contributed by atoms with E-state index in [9.17, 15) is 14.7 Å². The van der Waals surface area contributed by atoms with Crippen LogP contribution in [-0.4, -0.2) is 51.8 Å². The monoisotopic (exact) mass is 483 g/mol. The van der Waals surface area contributed by atoms with Gasteiger partial charge in [0.25, 0.3) is 5.91 Å². The van der Waals surface area contributed by atoms with Crippen molar-refractivity contribution in [3.63, 3.8) is 0 Å². The number of hydrogen-bond donors (Lipinski definition) is 2. The number of anilines is 2. The number of aromatic amines is 1. The van der Waals surface area contributed by atoms with Crippen molar-refractivity contribution in [2.75, 3.05) is 23.9 Å². The summed E-state index contributed by atoms with van der Waals surface area (Å²) in [4.78, 5) is 33.6. The molecule has 7 nitrogen and oxygen atoms in total. The summed E-state index contributed by atoms with van der Waals surface area (Å²) >= 11 is 3.36. The number of benzene rings is 2. The number of halogens is 1. The number of nitrogens with zero attached hydrogens (tertiary/aromatic N) is 2. The Morgan fingerprint density at radius 1 is 1.26 bits per heavy atom. The lowest BCUT2D eigenvalue weighted by molar-refractivity contribution is -0.140. The predicted octanol–water partition coefficient (Wildman–Crippen LogP) is 3.71. The molecule has 1 fully saturated rings. The molecule has 1 aromatic heterocycles. The lowest BCUT2D eigenvalue weighted by Crippen LogP contribution is -2.51. The molecule has 0 radical (unpaired) electrons. The summed E-state index contributed by atoms with van der Waals surface area (Å²) in [5.74, 6) is 1.18. The number of phenolic OH excluding ortho intramolecular Hbond substituents is 1. The van der Waals surface area contributed by atoms with Gasteiger partial charge in [0.05, 0.1) is 12.5 Å². The van der Waals surface area contributed by atoms with Gasteiger partial charge >= 0.3 is 0 Å². The smallest absolute Gasteiger partial charge is 0.253 e. The first kappa shape index (κ1) is 19.9. The van der Waals surface area contributed by atoms with Crippen molar-refractivity contribution in [2.24, 2.45) is 5.41 Å². The van der Waals surface area contributed by atoms with E-state index in [-0.39, 0.29) is 17.6 Å². The molecule has 0 aliphatic carbocycles. The van der Waals surface area contributed by atoms with Crippen LogP contribution in [0.4, 0.5) is 11.5 Å². The predicted molar refractivity (Wildman–Crippen MR) is 121 cm³/mol. The zero-order valence-corrected chi connectivity index (χ0v) is 18.8. The molecular weight excluding hydrogens is 462 g/mol. The summed E-state index contributed by atoms with van der Waals surface area (Å²) in [6, 6.07) is 11.8. The minimum Gasteiger partial charge on any atom is -0.508 e. The van der Waals surface area contributed by atoms with Crippen LogP contribution >= 0.6 is 15.9 Å². The van der Waals surface area contributed by atoms with E-state index in [1.54, 1.807) is 25.3 Å². The number of phenols is 1. The molecule has 31 heavy (non-hydrogen) atoms. The number of nitrogens with one attached hydrogen (secondary N) is 1. The Bertz CT molecular complexity index is 1220. The zero-order chi connectivity index (χ0) is 21.9. The van der Waals surface area contributed by atoms with E-state index in [1.165, 1.54) is 4.90 Å². The number of likely N-dealkylation sites (tertiary alicyclic amines) is 1. The van der Waals surface area contributed by atoms with Crippen molar-refractivity contribution in [1.29, 1.82) is 0 Å². The zero-order valence-electron chi connectivity index (χ0n) is 17.2. The van der Waals surface area contributed by atoms with Crippen molar-refractivity contribution in [2.45, 2.75) is 19.4 Å². The number of hydrogen-bond acceptors (Lipinski definition) is 5. The van der Waals surface area contributed by atoms with Gasteiger partial charge in [-0.05, 0) is 43.7 Å². The minimum absolute atomic E-state index is 0.0955. The SMILES string of the molecule is COc1ccc2[nH]c3c(c2c1)CC1(C)C(=O)N(CCBr)C(=O)C1N3c1cccc(O)c1. The number of fused-ring (bicyclic) bond motifs is 4. The fraction of sp³-hybridized carbons (Fsp3) is 0.304. The summed E-state index contributed by atoms with van der Waals surface area (Å²) in [5, 5.41) is 11.6. The van der Waals surface area contributed by atoms with Crippen LogP contribution in [0.25, 0.3) is 10.9 Å². The Labute approximate surface area is 187 Å². The molecule has 3 aromatic rings.